The van der Waals surface area contributed by atoms with Crippen molar-refractivity contribution in [3.63, 3.8) is 0 Å². The van der Waals surface area contributed by atoms with E-state index in [0.717, 1.165) is 22.2 Å². The molecule has 4 aromatic rings. The number of aromatic amines is 1. The lowest BCUT2D eigenvalue weighted by Crippen LogP contribution is -2.07. The summed E-state index contributed by atoms with van der Waals surface area (Å²) in [5.41, 5.74) is 4.05. The molecule has 0 aliphatic heterocycles. The summed E-state index contributed by atoms with van der Waals surface area (Å²) in [5, 5.41) is 24.0. The van der Waals surface area contributed by atoms with Crippen LogP contribution in [0.15, 0.2) is 42.7 Å². The zero-order valence-electron chi connectivity index (χ0n) is 15.5. The monoisotopic (exact) mass is 408 g/mol. The first kappa shape index (κ1) is 18.2. The fraction of sp³-hybridized carbons (Fsp3) is 0.190. The van der Waals surface area contributed by atoms with E-state index in [2.05, 4.69) is 20.6 Å². The second-order valence-electron chi connectivity index (χ2n) is 7.16. The number of halogens is 3. The van der Waals surface area contributed by atoms with E-state index in [4.69, 9.17) is 5.26 Å². The van der Waals surface area contributed by atoms with Crippen molar-refractivity contribution < 1.29 is 13.2 Å². The van der Waals surface area contributed by atoms with Crippen molar-refractivity contribution in [2.75, 3.05) is 5.32 Å². The lowest BCUT2D eigenvalue weighted by atomic mass is 10.0. The minimum Gasteiger partial charge on any atom is -0.378 e. The second-order valence-corrected chi connectivity index (χ2v) is 7.16. The molecule has 0 radical (unpaired) electrons. The number of nitrogens with one attached hydrogen (secondary N) is 2. The molecule has 6 nitrogen and oxygen atoms in total. The number of rotatable bonds is 4. The van der Waals surface area contributed by atoms with Crippen molar-refractivity contribution in [1.82, 2.24) is 20.0 Å². The Hall–Kier alpha value is -3.80. The van der Waals surface area contributed by atoms with Gasteiger partial charge in [0.1, 0.15) is 17.6 Å². The summed E-state index contributed by atoms with van der Waals surface area (Å²) in [4.78, 5) is 0. The van der Waals surface area contributed by atoms with Crippen molar-refractivity contribution in [3.8, 4) is 17.3 Å². The fourth-order valence-corrected chi connectivity index (χ4v) is 3.99. The lowest BCUT2D eigenvalue weighted by molar-refractivity contribution is 0.0566. The van der Waals surface area contributed by atoms with Gasteiger partial charge in [-0.25, -0.2) is 9.07 Å². The molecule has 0 saturated carbocycles. The number of hydrogen-bond acceptors (Lipinski definition) is 4. The zero-order chi connectivity index (χ0) is 20.8. The normalized spacial score (nSPS) is 15.5. The maximum atomic E-state index is 14.4. The number of hydrogen-bond donors (Lipinski definition) is 2. The molecular weight excluding hydrogens is 393 g/mol. The number of alkyl halides is 2. The standard InChI is InChI=1S/C21H15F3N6/c22-19-11(8-25)1-3-14-15(19)4-6-17(14)27-13-2-5-18-16(7-13)20(29-28-18)12-9-26-30(10-12)21(23)24/h1-3,5,7,9-10,17,21,27H,4,6H2,(H,28,29)/t17-/m0/s1. The highest BCUT2D eigenvalue weighted by molar-refractivity contribution is 5.94. The summed E-state index contributed by atoms with van der Waals surface area (Å²) in [6.45, 7) is -2.72. The third-order valence-corrected chi connectivity index (χ3v) is 5.44. The van der Waals surface area contributed by atoms with Crippen LogP contribution < -0.4 is 5.32 Å². The molecule has 0 amide bonds. The van der Waals surface area contributed by atoms with Crippen LogP contribution in [0.25, 0.3) is 22.2 Å². The topological polar surface area (TPSA) is 82.3 Å². The number of benzene rings is 2. The maximum absolute atomic E-state index is 14.4. The minimum absolute atomic E-state index is 0.0585. The van der Waals surface area contributed by atoms with E-state index in [1.165, 1.54) is 18.5 Å². The van der Waals surface area contributed by atoms with Crippen molar-refractivity contribution in [3.05, 3.63) is 65.2 Å². The Labute approximate surface area is 168 Å². The van der Waals surface area contributed by atoms with Gasteiger partial charge in [0.05, 0.1) is 23.3 Å². The second kappa shape index (κ2) is 6.91. The number of nitrogens with zero attached hydrogens (tertiary/aromatic N) is 4. The quantitative estimate of drug-likeness (QED) is 0.502. The Morgan fingerprint density at radius 3 is 2.90 bits per heavy atom. The molecule has 9 heteroatoms. The van der Waals surface area contributed by atoms with Crippen molar-refractivity contribution >= 4 is 16.6 Å². The van der Waals surface area contributed by atoms with Gasteiger partial charge in [0.15, 0.2) is 0 Å². The first-order chi connectivity index (χ1) is 14.5. The molecule has 0 bridgehead atoms. The van der Waals surface area contributed by atoms with Crippen molar-refractivity contribution in [1.29, 1.82) is 5.26 Å². The van der Waals surface area contributed by atoms with Gasteiger partial charge in [-0.2, -0.15) is 24.2 Å². The molecule has 0 spiro atoms. The largest absolute Gasteiger partial charge is 0.378 e. The van der Waals surface area contributed by atoms with Gasteiger partial charge in [0.25, 0.3) is 0 Å². The Kier molecular flexibility index (Phi) is 4.20. The molecule has 2 N–H and O–H groups in total. The molecule has 0 unspecified atom stereocenters. The third kappa shape index (κ3) is 2.88. The van der Waals surface area contributed by atoms with Crippen LogP contribution in [0.2, 0.25) is 0 Å². The molecule has 2 aromatic heterocycles. The Bertz CT molecular complexity index is 1300. The van der Waals surface area contributed by atoms with Gasteiger partial charge in [0.2, 0.25) is 0 Å². The summed E-state index contributed by atoms with van der Waals surface area (Å²) < 4.78 is 40.7. The molecule has 1 aliphatic carbocycles. The average molecular weight is 408 g/mol. The molecule has 2 heterocycles. The molecule has 30 heavy (non-hydrogen) atoms. The number of fused-ring (bicyclic) bond motifs is 2. The molecule has 0 saturated heterocycles. The predicted octanol–water partition coefficient (Wildman–Crippen LogP) is 4.93. The SMILES string of the molecule is N#Cc1ccc2c(c1F)CC[C@@H]2Nc1ccc2[nH]nc(-c3cnn(C(F)F)c3)c2c1. The van der Waals surface area contributed by atoms with Crippen molar-refractivity contribution in [2.45, 2.75) is 25.4 Å². The predicted molar refractivity (Wildman–Crippen MR) is 104 cm³/mol. The minimum atomic E-state index is -2.72. The summed E-state index contributed by atoms with van der Waals surface area (Å²) in [5.74, 6) is -0.442. The van der Waals surface area contributed by atoms with E-state index < -0.39 is 12.4 Å². The highest BCUT2D eigenvalue weighted by Gasteiger charge is 2.26. The summed E-state index contributed by atoms with van der Waals surface area (Å²) in [6, 6.07) is 10.7. The number of H-pyrrole nitrogens is 1. The summed E-state index contributed by atoms with van der Waals surface area (Å²) >= 11 is 0. The van der Waals surface area contributed by atoms with Gasteiger partial charge in [-0.15, -0.1) is 0 Å². The van der Waals surface area contributed by atoms with Crippen LogP contribution in [0.1, 0.15) is 35.7 Å². The number of aromatic nitrogens is 4. The highest BCUT2D eigenvalue weighted by atomic mass is 19.3. The van der Waals surface area contributed by atoms with E-state index in [-0.39, 0.29) is 11.6 Å². The molecule has 5 rings (SSSR count). The maximum Gasteiger partial charge on any atom is 0.333 e. The van der Waals surface area contributed by atoms with E-state index in [1.54, 1.807) is 6.07 Å². The van der Waals surface area contributed by atoms with Crippen LogP contribution in [0.4, 0.5) is 18.9 Å². The molecule has 150 valence electrons. The van der Waals surface area contributed by atoms with Gasteiger partial charge in [0, 0.05) is 22.8 Å². The fourth-order valence-electron chi connectivity index (χ4n) is 3.99. The van der Waals surface area contributed by atoms with E-state index in [9.17, 15) is 13.2 Å². The molecular formula is C21H15F3N6. The van der Waals surface area contributed by atoms with Gasteiger partial charge in [-0.3, -0.25) is 5.10 Å². The molecule has 2 aromatic carbocycles. The summed E-state index contributed by atoms with van der Waals surface area (Å²) in [6.07, 6.45) is 3.87. The highest BCUT2D eigenvalue weighted by Crippen LogP contribution is 2.37. The van der Waals surface area contributed by atoms with E-state index >= 15 is 0 Å². The van der Waals surface area contributed by atoms with Crippen LogP contribution in [0, 0.1) is 17.1 Å². The third-order valence-electron chi connectivity index (χ3n) is 5.44. The molecule has 0 fully saturated rings. The van der Waals surface area contributed by atoms with Crippen LogP contribution in [0.3, 0.4) is 0 Å². The van der Waals surface area contributed by atoms with Gasteiger partial charge in [-0.05, 0) is 48.2 Å². The van der Waals surface area contributed by atoms with E-state index in [1.807, 2.05) is 24.3 Å². The Morgan fingerprint density at radius 1 is 1.27 bits per heavy atom. The first-order valence-corrected chi connectivity index (χ1v) is 9.34. The van der Waals surface area contributed by atoms with Gasteiger partial charge >= 0.3 is 6.55 Å². The van der Waals surface area contributed by atoms with E-state index in [0.29, 0.717) is 34.3 Å². The van der Waals surface area contributed by atoms with Crippen LogP contribution in [0.5, 0.6) is 0 Å². The smallest absolute Gasteiger partial charge is 0.333 e. The van der Waals surface area contributed by atoms with Crippen LogP contribution in [-0.4, -0.2) is 20.0 Å². The van der Waals surface area contributed by atoms with Gasteiger partial charge in [-0.1, -0.05) is 6.07 Å². The van der Waals surface area contributed by atoms with Crippen LogP contribution >= 0.6 is 0 Å². The number of nitriles is 1. The Balaban J connectivity index is 1.47. The van der Waals surface area contributed by atoms with Crippen molar-refractivity contribution in [2.24, 2.45) is 0 Å². The van der Waals surface area contributed by atoms with Gasteiger partial charge < -0.3 is 5.32 Å². The first-order valence-electron chi connectivity index (χ1n) is 9.34. The van der Waals surface area contributed by atoms with Crippen LogP contribution in [-0.2, 0) is 6.42 Å². The summed E-state index contributed by atoms with van der Waals surface area (Å²) in [7, 11) is 0. The lowest BCUT2D eigenvalue weighted by Gasteiger charge is -2.16. The zero-order valence-corrected chi connectivity index (χ0v) is 15.5. The Morgan fingerprint density at radius 2 is 2.13 bits per heavy atom. The average Bonchev–Trinajstić information content (AvgIpc) is 3.46. The number of anilines is 1. The molecule has 1 atom stereocenters. The molecule has 1 aliphatic rings.